The van der Waals surface area contributed by atoms with Gasteiger partial charge in [0.1, 0.15) is 5.65 Å². The Hall–Kier alpha value is -1.84. The van der Waals surface area contributed by atoms with E-state index in [0.29, 0.717) is 6.42 Å². The molecule has 1 saturated heterocycles. The van der Waals surface area contributed by atoms with Crippen LogP contribution in [0.5, 0.6) is 0 Å². The van der Waals surface area contributed by atoms with E-state index in [1.165, 1.54) is 0 Å². The summed E-state index contributed by atoms with van der Waals surface area (Å²) in [6.45, 7) is 1.83. The monoisotopic (exact) mass is 229 g/mol. The molecule has 1 aliphatic heterocycles. The minimum Gasteiger partial charge on any atom is -0.346 e. The molecule has 2 aromatic heterocycles. The summed E-state index contributed by atoms with van der Waals surface area (Å²) in [6.07, 6.45) is 6.41. The number of H-pyrrole nitrogens is 1. The van der Waals surface area contributed by atoms with E-state index < -0.39 is 0 Å². The Kier molecular flexibility index (Phi) is 2.55. The molecule has 2 aromatic rings. The molecule has 0 saturated carbocycles. The lowest BCUT2D eigenvalue weighted by Crippen LogP contribution is -2.28. The first-order valence-electron chi connectivity index (χ1n) is 6.03. The fraction of sp³-hybridized carbons (Fsp3) is 0.385. The molecule has 1 fully saturated rings. The molecule has 0 unspecified atom stereocenters. The molecule has 0 radical (unpaired) electrons. The van der Waals surface area contributed by atoms with Gasteiger partial charge in [-0.1, -0.05) is 0 Å². The van der Waals surface area contributed by atoms with Gasteiger partial charge < -0.3 is 9.88 Å². The van der Waals surface area contributed by atoms with Crippen LogP contribution in [0.3, 0.4) is 0 Å². The number of likely N-dealkylation sites (tertiary alicyclic amines) is 1. The Balaban J connectivity index is 1.82. The highest BCUT2D eigenvalue weighted by molar-refractivity contribution is 5.87. The zero-order valence-electron chi connectivity index (χ0n) is 9.65. The van der Waals surface area contributed by atoms with E-state index in [-0.39, 0.29) is 5.91 Å². The van der Waals surface area contributed by atoms with E-state index in [9.17, 15) is 4.79 Å². The molecule has 3 rings (SSSR count). The second kappa shape index (κ2) is 4.20. The van der Waals surface area contributed by atoms with Gasteiger partial charge in [-0.25, -0.2) is 4.98 Å². The number of fused-ring (bicyclic) bond motifs is 1. The number of amides is 1. The minimum absolute atomic E-state index is 0.229. The molecule has 88 valence electrons. The number of nitrogens with one attached hydrogen (secondary N) is 1. The van der Waals surface area contributed by atoms with Crippen molar-refractivity contribution >= 4 is 16.9 Å². The SMILES string of the molecule is O=C(Cc1c[nH]c2ncccc12)N1CCCC1. The second-order valence-corrected chi connectivity index (χ2v) is 4.48. The summed E-state index contributed by atoms with van der Waals surface area (Å²) in [6, 6.07) is 3.91. The molecule has 0 aliphatic carbocycles. The Morgan fingerprint density at radius 3 is 3.06 bits per heavy atom. The van der Waals surface area contributed by atoms with E-state index in [1.54, 1.807) is 6.20 Å². The number of aromatic amines is 1. The first-order chi connectivity index (χ1) is 8.34. The third-order valence-electron chi connectivity index (χ3n) is 3.34. The van der Waals surface area contributed by atoms with Gasteiger partial charge in [-0.3, -0.25) is 4.79 Å². The van der Waals surface area contributed by atoms with Gasteiger partial charge in [0, 0.05) is 30.9 Å². The van der Waals surface area contributed by atoms with E-state index in [2.05, 4.69) is 9.97 Å². The Labute approximate surface area is 99.6 Å². The minimum atomic E-state index is 0.229. The van der Waals surface area contributed by atoms with Gasteiger partial charge in [0.15, 0.2) is 0 Å². The lowest BCUT2D eigenvalue weighted by Gasteiger charge is -2.14. The molecule has 0 bridgehead atoms. The van der Waals surface area contributed by atoms with Gasteiger partial charge in [0.05, 0.1) is 6.42 Å². The second-order valence-electron chi connectivity index (χ2n) is 4.48. The largest absolute Gasteiger partial charge is 0.346 e. The van der Waals surface area contributed by atoms with Gasteiger partial charge in [0.25, 0.3) is 0 Å². The molecule has 1 N–H and O–H groups in total. The number of aromatic nitrogens is 2. The molecule has 0 aromatic carbocycles. The lowest BCUT2D eigenvalue weighted by molar-refractivity contribution is -0.129. The van der Waals surface area contributed by atoms with Gasteiger partial charge >= 0.3 is 0 Å². The van der Waals surface area contributed by atoms with Crippen molar-refractivity contribution in [3.8, 4) is 0 Å². The predicted octanol–water partition coefficient (Wildman–Crippen LogP) is 1.73. The molecule has 0 atom stereocenters. The standard InChI is InChI=1S/C13H15N3O/c17-12(16-6-1-2-7-16)8-10-9-15-13-11(10)4-3-5-14-13/h3-5,9H,1-2,6-8H2,(H,14,15). The highest BCUT2D eigenvalue weighted by Gasteiger charge is 2.19. The fourth-order valence-corrected chi connectivity index (χ4v) is 2.40. The number of carbonyl (C=O) groups is 1. The summed E-state index contributed by atoms with van der Waals surface area (Å²) in [5.41, 5.74) is 1.90. The summed E-state index contributed by atoms with van der Waals surface area (Å²) < 4.78 is 0. The van der Waals surface area contributed by atoms with E-state index in [0.717, 1.165) is 42.5 Å². The highest BCUT2D eigenvalue weighted by Crippen LogP contribution is 2.18. The third-order valence-corrected chi connectivity index (χ3v) is 3.34. The fourth-order valence-electron chi connectivity index (χ4n) is 2.40. The van der Waals surface area contributed by atoms with Crippen LogP contribution in [0.1, 0.15) is 18.4 Å². The van der Waals surface area contributed by atoms with Crippen LogP contribution in [0.15, 0.2) is 24.5 Å². The first-order valence-corrected chi connectivity index (χ1v) is 6.03. The number of carbonyl (C=O) groups excluding carboxylic acids is 1. The first kappa shape index (κ1) is 10.3. The molecule has 4 nitrogen and oxygen atoms in total. The summed E-state index contributed by atoms with van der Waals surface area (Å²) in [4.78, 5) is 21.3. The zero-order valence-corrected chi connectivity index (χ0v) is 9.65. The molecule has 3 heterocycles. The van der Waals surface area contributed by atoms with Crippen LogP contribution in [-0.2, 0) is 11.2 Å². The van der Waals surface area contributed by atoms with E-state index >= 15 is 0 Å². The van der Waals surface area contributed by atoms with Crippen molar-refractivity contribution in [1.29, 1.82) is 0 Å². The van der Waals surface area contributed by atoms with Crippen LogP contribution in [0.4, 0.5) is 0 Å². The van der Waals surface area contributed by atoms with Crippen LogP contribution in [0, 0.1) is 0 Å². The highest BCUT2D eigenvalue weighted by atomic mass is 16.2. The van der Waals surface area contributed by atoms with Crippen LogP contribution in [-0.4, -0.2) is 33.9 Å². The van der Waals surface area contributed by atoms with Crippen LogP contribution in [0.2, 0.25) is 0 Å². The van der Waals surface area contributed by atoms with Crippen LogP contribution in [0.25, 0.3) is 11.0 Å². The Morgan fingerprint density at radius 1 is 1.41 bits per heavy atom. The van der Waals surface area contributed by atoms with Crippen LogP contribution < -0.4 is 0 Å². The molecular formula is C13H15N3O. The van der Waals surface area contributed by atoms with Crippen molar-refractivity contribution in [2.24, 2.45) is 0 Å². The molecular weight excluding hydrogens is 214 g/mol. The van der Waals surface area contributed by atoms with Gasteiger partial charge in [-0.15, -0.1) is 0 Å². The Bertz CT molecular complexity index is 540. The molecule has 1 amide bonds. The number of hydrogen-bond donors (Lipinski definition) is 1. The van der Waals surface area contributed by atoms with E-state index in [4.69, 9.17) is 0 Å². The predicted molar refractivity (Wildman–Crippen MR) is 65.6 cm³/mol. The summed E-state index contributed by atoms with van der Waals surface area (Å²) in [7, 11) is 0. The van der Waals surface area contributed by atoms with Crippen molar-refractivity contribution in [1.82, 2.24) is 14.9 Å². The number of rotatable bonds is 2. The third kappa shape index (κ3) is 1.90. The van der Waals surface area contributed by atoms with E-state index in [1.807, 2.05) is 23.2 Å². The lowest BCUT2D eigenvalue weighted by atomic mass is 10.1. The number of pyridine rings is 1. The van der Waals surface area contributed by atoms with Crippen molar-refractivity contribution in [2.75, 3.05) is 13.1 Å². The number of nitrogens with zero attached hydrogens (tertiary/aromatic N) is 2. The van der Waals surface area contributed by atoms with Crippen molar-refractivity contribution in [3.63, 3.8) is 0 Å². The zero-order chi connectivity index (χ0) is 11.7. The van der Waals surface area contributed by atoms with Crippen molar-refractivity contribution in [2.45, 2.75) is 19.3 Å². The normalized spacial score (nSPS) is 15.6. The molecule has 1 aliphatic rings. The smallest absolute Gasteiger partial charge is 0.227 e. The average Bonchev–Trinajstić information content (AvgIpc) is 2.98. The Morgan fingerprint density at radius 2 is 2.24 bits per heavy atom. The topological polar surface area (TPSA) is 49.0 Å². The molecule has 4 heteroatoms. The van der Waals surface area contributed by atoms with Gasteiger partial charge in [-0.2, -0.15) is 0 Å². The summed E-state index contributed by atoms with van der Waals surface area (Å²) in [5, 5.41) is 1.06. The number of hydrogen-bond acceptors (Lipinski definition) is 2. The maximum Gasteiger partial charge on any atom is 0.227 e. The van der Waals surface area contributed by atoms with Crippen molar-refractivity contribution in [3.05, 3.63) is 30.1 Å². The molecule has 17 heavy (non-hydrogen) atoms. The average molecular weight is 229 g/mol. The maximum absolute atomic E-state index is 12.0. The van der Waals surface area contributed by atoms with Gasteiger partial charge in [-0.05, 0) is 30.5 Å². The summed E-state index contributed by atoms with van der Waals surface area (Å²) >= 11 is 0. The van der Waals surface area contributed by atoms with Gasteiger partial charge in [0.2, 0.25) is 5.91 Å². The summed E-state index contributed by atoms with van der Waals surface area (Å²) in [5.74, 6) is 0.229. The molecule has 0 spiro atoms. The van der Waals surface area contributed by atoms with Crippen molar-refractivity contribution < 1.29 is 4.79 Å². The quantitative estimate of drug-likeness (QED) is 0.852. The van der Waals surface area contributed by atoms with Crippen LogP contribution >= 0.6 is 0 Å². The maximum atomic E-state index is 12.0.